The quantitative estimate of drug-likeness (QED) is 0.437. The molecule has 0 aliphatic rings. The minimum absolute atomic E-state index is 0.0294. The molecular weight excluding hydrogens is 234 g/mol. The smallest absolute Gasteiger partial charge is 0.348 e. The fourth-order valence-electron chi connectivity index (χ4n) is 1.23. The standard InChI is InChI=1S/C13H11NO4/c1-2-18-13(17)11(8-14)7-9-3-5-10(6-4-9)12(15)16/h3-7H,2H2,1H3,(H,15,16)/p-1/b11-7+. The van der Waals surface area contributed by atoms with Crippen LogP contribution in [-0.2, 0) is 9.53 Å². The van der Waals surface area contributed by atoms with Gasteiger partial charge in [0, 0.05) is 0 Å². The van der Waals surface area contributed by atoms with Crippen LogP contribution < -0.4 is 5.11 Å². The Morgan fingerprint density at radius 2 is 2.00 bits per heavy atom. The fourth-order valence-corrected chi connectivity index (χ4v) is 1.23. The van der Waals surface area contributed by atoms with Crippen LogP contribution in [0.25, 0.3) is 6.08 Å². The van der Waals surface area contributed by atoms with E-state index in [1.807, 2.05) is 0 Å². The van der Waals surface area contributed by atoms with Crippen LogP contribution in [-0.4, -0.2) is 18.5 Å². The Kier molecular flexibility index (Phi) is 4.64. The van der Waals surface area contributed by atoms with E-state index in [0.717, 1.165) is 0 Å². The number of benzene rings is 1. The molecule has 0 amide bonds. The first kappa shape index (κ1) is 13.5. The maximum Gasteiger partial charge on any atom is 0.348 e. The molecule has 0 fully saturated rings. The highest BCUT2D eigenvalue weighted by Crippen LogP contribution is 2.09. The number of nitriles is 1. The van der Waals surface area contributed by atoms with E-state index in [4.69, 9.17) is 10.00 Å². The van der Waals surface area contributed by atoms with Gasteiger partial charge in [-0.05, 0) is 24.1 Å². The zero-order chi connectivity index (χ0) is 13.5. The Balaban J connectivity index is 2.97. The zero-order valence-corrected chi connectivity index (χ0v) is 9.67. The van der Waals surface area contributed by atoms with Crippen molar-refractivity contribution in [3.63, 3.8) is 0 Å². The zero-order valence-electron chi connectivity index (χ0n) is 9.67. The summed E-state index contributed by atoms with van der Waals surface area (Å²) >= 11 is 0. The summed E-state index contributed by atoms with van der Waals surface area (Å²) in [5.41, 5.74) is 0.421. The molecule has 0 radical (unpaired) electrons. The molecule has 1 rings (SSSR count). The summed E-state index contributed by atoms with van der Waals surface area (Å²) in [6, 6.07) is 7.35. The van der Waals surface area contributed by atoms with Gasteiger partial charge in [0.15, 0.2) is 0 Å². The third kappa shape index (κ3) is 3.46. The van der Waals surface area contributed by atoms with Crippen LogP contribution in [0.4, 0.5) is 0 Å². The van der Waals surface area contributed by atoms with Crippen molar-refractivity contribution >= 4 is 18.0 Å². The van der Waals surface area contributed by atoms with Gasteiger partial charge in [0.25, 0.3) is 0 Å². The number of carbonyl (C=O) groups is 2. The van der Waals surface area contributed by atoms with Gasteiger partial charge in [-0.3, -0.25) is 0 Å². The van der Waals surface area contributed by atoms with E-state index in [0.29, 0.717) is 5.56 Å². The normalized spacial score (nSPS) is 10.6. The average molecular weight is 244 g/mol. The summed E-state index contributed by atoms with van der Waals surface area (Å²) in [7, 11) is 0. The molecule has 5 nitrogen and oxygen atoms in total. The highest BCUT2D eigenvalue weighted by Gasteiger charge is 2.09. The number of hydrogen-bond donors (Lipinski definition) is 0. The summed E-state index contributed by atoms with van der Waals surface area (Å²) in [6.07, 6.45) is 1.33. The third-order valence-electron chi connectivity index (χ3n) is 2.07. The van der Waals surface area contributed by atoms with E-state index in [-0.39, 0.29) is 17.7 Å². The van der Waals surface area contributed by atoms with Crippen molar-refractivity contribution in [3.05, 3.63) is 41.0 Å². The number of nitrogens with zero attached hydrogens (tertiary/aromatic N) is 1. The number of rotatable bonds is 4. The Hall–Kier alpha value is -2.61. The number of hydrogen-bond acceptors (Lipinski definition) is 5. The Morgan fingerprint density at radius 1 is 1.39 bits per heavy atom. The lowest BCUT2D eigenvalue weighted by Gasteiger charge is -2.03. The van der Waals surface area contributed by atoms with E-state index in [1.165, 1.54) is 30.3 Å². The monoisotopic (exact) mass is 244 g/mol. The van der Waals surface area contributed by atoms with Crippen LogP contribution in [0.3, 0.4) is 0 Å². The molecule has 0 spiro atoms. The maximum absolute atomic E-state index is 11.3. The van der Waals surface area contributed by atoms with Crippen LogP contribution in [0.1, 0.15) is 22.8 Å². The lowest BCUT2D eigenvalue weighted by Crippen LogP contribution is -2.21. The van der Waals surface area contributed by atoms with Crippen molar-refractivity contribution in [2.24, 2.45) is 0 Å². The summed E-state index contributed by atoms with van der Waals surface area (Å²) in [6.45, 7) is 1.82. The molecule has 0 unspecified atom stereocenters. The summed E-state index contributed by atoms with van der Waals surface area (Å²) in [4.78, 5) is 21.9. The number of esters is 1. The molecule has 92 valence electrons. The third-order valence-corrected chi connectivity index (χ3v) is 2.07. The molecular formula is C13H10NO4-. The summed E-state index contributed by atoms with van der Waals surface area (Å²) in [5.74, 6) is -1.99. The molecule has 0 aliphatic carbocycles. The van der Waals surface area contributed by atoms with Crippen LogP contribution in [0.15, 0.2) is 29.8 Å². The lowest BCUT2D eigenvalue weighted by molar-refractivity contribution is -0.255. The Morgan fingerprint density at radius 3 is 2.44 bits per heavy atom. The molecule has 1 aromatic carbocycles. The van der Waals surface area contributed by atoms with Crippen molar-refractivity contribution in [3.8, 4) is 6.07 Å². The van der Waals surface area contributed by atoms with Gasteiger partial charge in [-0.15, -0.1) is 0 Å². The molecule has 0 saturated carbocycles. The molecule has 0 aliphatic heterocycles. The number of ether oxygens (including phenoxy) is 1. The number of carbonyl (C=O) groups excluding carboxylic acids is 2. The van der Waals surface area contributed by atoms with Crippen molar-refractivity contribution in [2.45, 2.75) is 6.92 Å². The molecule has 0 aromatic heterocycles. The Labute approximate surface area is 104 Å². The number of aromatic carboxylic acids is 1. The first-order chi connectivity index (χ1) is 8.58. The van der Waals surface area contributed by atoms with E-state index in [9.17, 15) is 14.7 Å². The van der Waals surface area contributed by atoms with E-state index >= 15 is 0 Å². The lowest BCUT2D eigenvalue weighted by atomic mass is 10.1. The van der Waals surface area contributed by atoms with Crippen molar-refractivity contribution < 1.29 is 19.4 Å². The van der Waals surface area contributed by atoms with Gasteiger partial charge < -0.3 is 14.6 Å². The number of carboxylic acid groups (broad SMARTS) is 1. The molecule has 0 N–H and O–H groups in total. The molecule has 0 saturated heterocycles. The van der Waals surface area contributed by atoms with Gasteiger partial charge in [-0.2, -0.15) is 5.26 Å². The molecule has 1 aromatic rings. The first-order valence-corrected chi connectivity index (χ1v) is 5.18. The predicted molar refractivity (Wildman–Crippen MR) is 61.0 cm³/mol. The van der Waals surface area contributed by atoms with Crippen molar-refractivity contribution in [2.75, 3.05) is 6.61 Å². The minimum atomic E-state index is -1.28. The van der Waals surface area contributed by atoms with E-state index < -0.39 is 11.9 Å². The van der Waals surface area contributed by atoms with Crippen molar-refractivity contribution in [1.29, 1.82) is 5.26 Å². The van der Waals surface area contributed by atoms with Gasteiger partial charge in [0.05, 0.1) is 12.6 Å². The van der Waals surface area contributed by atoms with Crippen LogP contribution in [0, 0.1) is 11.3 Å². The largest absolute Gasteiger partial charge is 0.545 e. The van der Waals surface area contributed by atoms with E-state index in [2.05, 4.69) is 0 Å². The SMILES string of the molecule is CCOC(=O)/C(C#N)=C/c1ccc(C(=O)[O-])cc1. The van der Waals surface area contributed by atoms with Crippen LogP contribution in [0.2, 0.25) is 0 Å². The summed E-state index contributed by atoms with van der Waals surface area (Å²) in [5, 5.41) is 19.3. The molecule has 0 atom stereocenters. The fraction of sp³-hybridized carbons (Fsp3) is 0.154. The van der Waals surface area contributed by atoms with Gasteiger partial charge in [0.2, 0.25) is 0 Å². The highest BCUT2D eigenvalue weighted by atomic mass is 16.5. The number of carboxylic acids is 1. The maximum atomic E-state index is 11.3. The molecule has 0 heterocycles. The van der Waals surface area contributed by atoms with E-state index in [1.54, 1.807) is 13.0 Å². The first-order valence-electron chi connectivity index (χ1n) is 5.18. The van der Waals surface area contributed by atoms with Gasteiger partial charge >= 0.3 is 5.97 Å². The second kappa shape index (κ2) is 6.21. The summed E-state index contributed by atoms with van der Waals surface area (Å²) < 4.78 is 4.70. The molecule has 5 heteroatoms. The highest BCUT2D eigenvalue weighted by molar-refractivity contribution is 5.98. The molecule has 0 bridgehead atoms. The average Bonchev–Trinajstić information content (AvgIpc) is 2.36. The van der Waals surface area contributed by atoms with Gasteiger partial charge in [-0.1, -0.05) is 24.3 Å². The second-order valence-electron chi connectivity index (χ2n) is 3.30. The van der Waals surface area contributed by atoms with Crippen LogP contribution >= 0.6 is 0 Å². The minimum Gasteiger partial charge on any atom is -0.545 e. The van der Waals surface area contributed by atoms with Crippen molar-refractivity contribution in [1.82, 2.24) is 0 Å². The topological polar surface area (TPSA) is 90.2 Å². The van der Waals surface area contributed by atoms with Crippen LogP contribution in [0.5, 0.6) is 0 Å². The van der Waals surface area contributed by atoms with Gasteiger partial charge in [0.1, 0.15) is 11.6 Å². The van der Waals surface area contributed by atoms with Gasteiger partial charge in [-0.25, -0.2) is 4.79 Å². The predicted octanol–water partition coefficient (Wildman–Crippen LogP) is 0.520. The Bertz CT molecular complexity index is 523. The molecule has 18 heavy (non-hydrogen) atoms. The second-order valence-corrected chi connectivity index (χ2v) is 3.30.